The van der Waals surface area contributed by atoms with E-state index in [0.717, 1.165) is 96.3 Å². The SMILES string of the molecule is CC(C)(C)c1cccc(N=C=S)c1.CC1CCN(CC(=O)Cc2cc(Oc3ccc4c(c3)nc(Nc3cccc(C(C)(C)C)c3)n4C)ccn2)CC1.CNc1ccc(Oc2ccnc(CC(=O)CN3CCC(C)CC3)c2)cc1N. The van der Waals surface area contributed by atoms with Crippen LogP contribution in [-0.2, 0) is 40.3 Å². The Balaban J connectivity index is 0.000000194. The Morgan fingerprint density at radius 3 is 1.71 bits per heavy atom. The summed E-state index contributed by atoms with van der Waals surface area (Å²) in [5, 5.41) is 8.86. The van der Waals surface area contributed by atoms with Crippen molar-refractivity contribution in [2.45, 2.75) is 105 Å². The van der Waals surface area contributed by atoms with E-state index in [1.54, 1.807) is 24.5 Å². The zero-order valence-electron chi connectivity index (χ0n) is 47.9. The predicted molar refractivity (Wildman–Crippen MR) is 325 cm³/mol. The molecule has 5 heterocycles. The lowest BCUT2D eigenvalue weighted by Crippen LogP contribution is -2.37. The molecule has 0 aliphatic carbocycles. The Labute approximate surface area is 473 Å². The van der Waals surface area contributed by atoms with Gasteiger partial charge in [-0.25, -0.2) is 4.98 Å². The molecule has 0 spiro atoms. The van der Waals surface area contributed by atoms with Gasteiger partial charge in [0.1, 0.15) is 23.0 Å². The molecule has 416 valence electrons. The second kappa shape index (κ2) is 27.5. The number of hydrogen-bond acceptors (Lipinski definition) is 14. The van der Waals surface area contributed by atoms with Crippen molar-refractivity contribution in [1.82, 2.24) is 29.3 Å². The van der Waals surface area contributed by atoms with Crippen LogP contribution in [0, 0.1) is 11.8 Å². The second-order valence-corrected chi connectivity index (χ2v) is 23.3. The van der Waals surface area contributed by atoms with Gasteiger partial charge >= 0.3 is 0 Å². The number of aromatic nitrogens is 4. The van der Waals surface area contributed by atoms with Gasteiger partial charge in [0.25, 0.3) is 0 Å². The molecule has 2 saturated heterocycles. The number of isothiocyanates is 1. The minimum absolute atomic E-state index is 0.0719. The summed E-state index contributed by atoms with van der Waals surface area (Å²) < 4.78 is 14.1. The number of nitrogens with two attached hydrogens (primary N) is 1. The maximum atomic E-state index is 12.7. The van der Waals surface area contributed by atoms with Gasteiger partial charge in [-0.1, -0.05) is 79.7 Å². The van der Waals surface area contributed by atoms with Crippen LogP contribution in [0.15, 0.2) is 127 Å². The van der Waals surface area contributed by atoms with E-state index in [9.17, 15) is 9.59 Å². The number of anilines is 4. The molecule has 0 unspecified atom stereocenters. The molecule has 0 atom stereocenters. The fourth-order valence-electron chi connectivity index (χ4n) is 9.43. The third-order valence-electron chi connectivity index (χ3n) is 14.4. The lowest BCUT2D eigenvalue weighted by Gasteiger charge is -2.29. The van der Waals surface area contributed by atoms with E-state index in [-0.39, 0.29) is 22.4 Å². The highest BCUT2D eigenvalue weighted by Crippen LogP contribution is 2.32. The average Bonchev–Trinajstić information content (AvgIpc) is 3.75. The van der Waals surface area contributed by atoms with Crippen LogP contribution in [0.3, 0.4) is 0 Å². The standard InChI is InChI=1S/C32H39N5O2.C21H28N4O2.C11H13NS/c1-22-12-15-37(16-13-22)21-26(38)18-25-19-28(11-14-33-25)39-27-9-10-30-29(20-27)35-31(36(30)5)34-24-8-6-7-23(17-24)32(2,3)4;1-15-6-9-25(10-7-15)14-17(26)11-16-12-19(5-8-24-16)27-18-3-4-21(23-2)20(22)13-18;1-11(2,3)9-5-4-6-10(7-9)12-8-13/h6-11,14,17,19-20,22H,12-13,15-16,18,21H2,1-5H3,(H,34,35);3-5,8,12-13,15,23H,6-7,9-11,14,22H2,1-2H3;4-7H,1-3H3. The smallest absolute Gasteiger partial charge is 0.208 e. The summed E-state index contributed by atoms with van der Waals surface area (Å²) in [6.45, 7) is 22.7. The number of Topliss-reactive ketones (excluding diaryl/α,β-unsaturated/α-hetero) is 2. The van der Waals surface area contributed by atoms with Gasteiger partial charge < -0.3 is 30.4 Å². The number of nitrogens with one attached hydrogen (secondary N) is 2. The number of aryl methyl sites for hydroxylation is 1. The molecule has 2 aliphatic heterocycles. The summed E-state index contributed by atoms with van der Waals surface area (Å²) in [4.78, 5) is 47.1. The molecule has 2 fully saturated rings. The van der Waals surface area contributed by atoms with Gasteiger partial charge in [-0.15, -0.1) is 0 Å². The number of nitrogens with zero attached hydrogens (tertiary/aromatic N) is 7. The van der Waals surface area contributed by atoms with Crippen molar-refractivity contribution in [3.05, 3.63) is 144 Å². The molecule has 0 radical (unpaired) electrons. The average molecular weight is 1090 g/mol. The summed E-state index contributed by atoms with van der Waals surface area (Å²) in [6.07, 6.45) is 8.68. The Kier molecular flexibility index (Phi) is 20.7. The van der Waals surface area contributed by atoms with Crippen molar-refractivity contribution in [1.29, 1.82) is 0 Å². The Morgan fingerprint density at radius 1 is 0.684 bits per heavy atom. The van der Waals surface area contributed by atoms with Crippen molar-refractivity contribution in [2.75, 3.05) is 62.7 Å². The molecule has 0 bridgehead atoms. The number of pyridine rings is 2. The van der Waals surface area contributed by atoms with E-state index >= 15 is 0 Å². The summed E-state index contributed by atoms with van der Waals surface area (Å²) in [6, 6.07) is 35.2. The number of aliphatic imine (C=N–C) groups is 1. The van der Waals surface area contributed by atoms with Crippen molar-refractivity contribution in [3.63, 3.8) is 0 Å². The number of hydrogen-bond donors (Lipinski definition) is 3. The van der Waals surface area contributed by atoms with E-state index in [4.69, 9.17) is 20.2 Å². The summed E-state index contributed by atoms with van der Waals surface area (Å²) in [7, 11) is 3.82. The molecule has 79 heavy (non-hydrogen) atoms. The van der Waals surface area contributed by atoms with Crippen molar-refractivity contribution >= 4 is 68.7 Å². The highest BCUT2D eigenvalue weighted by atomic mass is 32.1. The van der Waals surface area contributed by atoms with Gasteiger partial charge in [0, 0.05) is 56.4 Å². The minimum atomic E-state index is 0.0719. The number of piperidine rings is 2. The molecule has 14 nitrogen and oxygen atoms in total. The van der Waals surface area contributed by atoms with E-state index in [1.165, 1.54) is 24.0 Å². The number of fused-ring (bicyclic) bond motifs is 1. The lowest BCUT2D eigenvalue weighted by atomic mass is 9.87. The van der Waals surface area contributed by atoms with Crippen LogP contribution in [-0.4, -0.2) is 92.4 Å². The third-order valence-corrected chi connectivity index (χ3v) is 14.5. The number of rotatable bonds is 16. The number of ketones is 2. The Bertz CT molecular complexity index is 3210. The number of nitrogen functional groups attached to an aromatic ring is 1. The van der Waals surface area contributed by atoms with Gasteiger partial charge in [0.2, 0.25) is 5.95 Å². The fourth-order valence-corrected chi connectivity index (χ4v) is 9.54. The molecule has 7 aromatic rings. The van der Waals surface area contributed by atoms with Crippen LogP contribution >= 0.6 is 12.2 Å². The molecule has 4 N–H and O–H groups in total. The van der Waals surface area contributed by atoms with Gasteiger partial charge in [-0.3, -0.25) is 29.4 Å². The van der Waals surface area contributed by atoms with Gasteiger partial charge in [0.15, 0.2) is 11.6 Å². The Hall–Kier alpha value is -7.29. The molecule has 0 amide bonds. The fraction of sp³-hybridized carbons (Fsp3) is 0.406. The highest BCUT2D eigenvalue weighted by Gasteiger charge is 2.21. The van der Waals surface area contributed by atoms with E-state index in [0.29, 0.717) is 54.6 Å². The van der Waals surface area contributed by atoms with E-state index in [2.05, 4.69) is 138 Å². The van der Waals surface area contributed by atoms with E-state index in [1.807, 2.05) is 85.4 Å². The van der Waals surface area contributed by atoms with E-state index < -0.39 is 0 Å². The molecular weight excluding hydrogens is 1000 g/mol. The van der Waals surface area contributed by atoms with Crippen LogP contribution in [0.4, 0.5) is 28.7 Å². The van der Waals surface area contributed by atoms with Crippen molar-refractivity contribution < 1.29 is 19.1 Å². The number of carbonyl (C=O) groups is 2. The summed E-state index contributed by atoms with van der Waals surface area (Å²) >= 11 is 4.55. The van der Waals surface area contributed by atoms with Gasteiger partial charge in [-0.05, 0) is 159 Å². The largest absolute Gasteiger partial charge is 0.457 e. The monoisotopic (exact) mass is 1080 g/mol. The molecular formula is C64H80N10O4S. The maximum Gasteiger partial charge on any atom is 0.208 e. The van der Waals surface area contributed by atoms with Crippen LogP contribution in [0.25, 0.3) is 11.0 Å². The quantitative estimate of drug-likeness (QED) is 0.0476. The molecule has 0 saturated carbocycles. The third kappa shape index (κ3) is 18.1. The van der Waals surface area contributed by atoms with Gasteiger partial charge in [0.05, 0.1) is 70.6 Å². The van der Waals surface area contributed by atoms with Gasteiger partial charge in [-0.2, -0.15) is 4.99 Å². The first-order valence-corrected chi connectivity index (χ1v) is 28.0. The minimum Gasteiger partial charge on any atom is -0.457 e. The zero-order chi connectivity index (χ0) is 56.7. The molecule has 2 aliphatic rings. The molecule has 4 aromatic carbocycles. The zero-order valence-corrected chi connectivity index (χ0v) is 48.8. The Morgan fingerprint density at radius 2 is 1.19 bits per heavy atom. The highest BCUT2D eigenvalue weighted by molar-refractivity contribution is 7.78. The van der Waals surface area contributed by atoms with Crippen molar-refractivity contribution in [2.24, 2.45) is 23.9 Å². The first kappa shape index (κ1) is 59.4. The maximum absolute atomic E-state index is 12.7. The first-order valence-electron chi connectivity index (χ1n) is 27.5. The number of ether oxygens (including phenoxy) is 2. The molecule has 9 rings (SSSR count). The van der Waals surface area contributed by atoms with Crippen LogP contribution in [0.5, 0.6) is 23.0 Å². The second-order valence-electron chi connectivity index (χ2n) is 23.1. The molecule has 3 aromatic heterocycles. The van der Waals surface area contributed by atoms with Crippen LogP contribution in [0.2, 0.25) is 0 Å². The number of carbonyl (C=O) groups excluding carboxylic acids is 2. The summed E-state index contributed by atoms with van der Waals surface area (Å²) in [5.41, 5.74) is 15.4. The number of thiocarbonyl (C=S) groups is 1. The first-order chi connectivity index (χ1) is 37.7. The van der Waals surface area contributed by atoms with Crippen LogP contribution in [0.1, 0.15) is 104 Å². The number of likely N-dealkylation sites (tertiary alicyclic amines) is 2. The molecule has 15 heteroatoms. The number of benzene rings is 4. The predicted octanol–water partition coefficient (Wildman–Crippen LogP) is 13.7. The van der Waals surface area contributed by atoms with Crippen molar-refractivity contribution in [3.8, 4) is 23.0 Å². The topological polar surface area (TPSA) is 165 Å². The van der Waals surface area contributed by atoms with Crippen LogP contribution < -0.4 is 25.8 Å². The number of imidazole rings is 1. The summed E-state index contributed by atoms with van der Waals surface area (Å²) in [5.74, 6) is 5.32. The normalized spacial score (nSPS) is 14.5. The lowest BCUT2D eigenvalue weighted by molar-refractivity contribution is -0.120.